The zero-order valence-electron chi connectivity index (χ0n) is 12.0. The number of fused-ring (bicyclic) bond motifs is 1. The largest absolute Gasteiger partial charge is 0.388 e. The van der Waals surface area contributed by atoms with Gasteiger partial charge in [-0.25, -0.2) is 0 Å². The highest BCUT2D eigenvalue weighted by molar-refractivity contribution is 5.92. The minimum absolute atomic E-state index is 0.000918. The van der Waals surface area contributed by atoms with Gasteiger partial charge in [0.25, 0.3) is 0 Å². The quantitative estimate of drug-likeness (QED) is 0.875. The molecule has 2 rings (SSSR count). The zero-order chi connectivity index (χ0) is 14.2. The summed E-state index contributed by atoms with van der Waals surface area (Å²) in [6.45, 7) is 4.61. The van der Waals surface area contributed by atoms with Gasteiger partial charge in [0.05, 0.1) is 12.6 Å². The van der Waals surface area contributed by atoms with Gasteiger partial charge < -0.3 is 15.3 Å². The fourth-order valence-electron chi connectivity index (χ4n) is 2.72. The van der Waals surface area contributed by atoms with Crippen molar-refractivity contribution in [2.24, 2.45) is 0 Å². The molecule has 1 aromatic rings. The monoisotopic (exact) mass is 262 g/mol. The molecule has 1 atom stereocenters. The van der Waals surface area contributed by atoms with E-state index in [2.05, 4.69) is 19.2 Å². The van der Waals surface area contributed by atoms with Crippen molar-refractivity contribution in [1.29, 1.82) is 0 Å². The van der Waals surface area contributed by atoms with Crippen LogP contribution in [0.25, 0.3) is 0 Å². The number of amides is 1. The molecule has 0 spiro atoms. The van der Waals surface area contributed by atoms with Gasteiger partial charge in [0.1, 0.15) is 0 Å². The summed E-state index contributed by atoms with van der Waals surface area (Å²) in [4.78, 5) is 13.5. The lowest BCUT2D eigenvalue weighted by Gasteiger charge is -2.18. The minimum Gasteiger partial charge on any atom is -0.388 e. The molecule has 0 aromatic heterocycles. The predicted molar refractivity (Wildman–Crippen MR) is 76.2 cm³/mol. The molecule has 0 aliphatic heterocycles. The van der Waals surface area contributed by atoms with Crippen molar-refractivity contribution in [3.63, 3.8) is 0 Å². The third-order valence-electron chi connectivity index (χ3n) is 3.59. The summed E-state index contributed by atoms with van der Waals surface area (Å²) in [5.41, 5.74) is 2.86. The molecule has 0 saturated heterocycles. The van der Waals surface area contributed by atoms with Crippen LogP contribution in [0.15, 0.2) is 18.2 Å². The van der Waals surface area contributed by atoms with Gasteiger partial charge in [0, 0.05) is 5.69 Å². The molecule has 0 saturated carbocycles. The second-order valence-electron chi connectivity index (χ2n) is 6.19. The fourth-order valence-corrected chi connectivity index (χ4v) is 2.72. The van der Waals surface area contributed by atoms with E-state index in [1.165, 1.54) is 5.56 Å². The lowest BCUT2D eigenvalue weighted by molar-refractivity contribution is -0.116. The predicted octanol–water partition coefficient (Wildman–Crippen LogP) is 1.90. The van der Waals surface area contributed by atoms with E-state index in [1.54, 1.807) is 0 Å². The summed E-state index contributed by atoms with van der Waals surface area (Å²) in [6.07, 6.45) is 0.299. The number of nitrogens with zero attached hydrogens (tertiary/aromatic N) is 1. The molecule has 19 heavy (non-hydrogen) atoms. The summed E-state index contributed by atoms with van der Waals surface area (Å²) in [7, 11) is 3.71. The summed E-state index contributed by atoms with van der Waals surface area (Å²) in [5, 5.41) is 13.0. The molecule has 0 heterocycles. The van der Waals surface area contributed by atoms with Gasteiger partial charge >= 0.3 is 0 Å². The first kappa shape index (κ1) is 14.0. The van der Waals surface area contributed by atoms with Crippen molar-refractivity contribution in [2.45, 2.75) is 31.8 Å². The second-order valence-corrected chi connectivity index (χ2v) is 6.19. The standard InChI is InChI=1S/C15H22N2O2/c1-15(2)8-13(18)11-7-10(5-6-12(11)15)16-14(19)9-17(3)4/h5-7,13,18H,8-9H2,1-4H3,(H,16,19). The van der Waals surface area contributed by atoms with Crippen LogP contribution >= 0.6 is 0 Å². The number of nitrogens with one attached hydrogen (secondary N) is 1. The smallest absolute Gasteiger partial charge is 0.238 e. The summed E-state index contributed by atoms with van der Waals surface area (Å²) < 4.78 is 0. The minimum atomic E-state index is -0.435. The SMILES string of the molecule is CN(C)CC(=O)Nc1ccc2c(c1)C(O)CC2(C)C. The van der Waals surface area contributed by atoms with Crippen LogP contribution in [0.1, 0.15) is 37.5 Å². The number of aliphatic hydroxyl groups excluding tert-OH is 1. The van der Waals surface area contributed by atoms with Gasteiger partial charge in [0.15, 0.2) is 0 Å². The Morgan fingerprint density at radius 1 is 1.47 bits per heavy atom. The van der Waals surface area contributed by atoms with E-state index >= 15 is 0 Å². The molecule has 1 aliphatic rings. The number of carbonyl (C=O) groups excluding carboxylic acids is 1. The van der Waals surface area contributed by atoms with Gasteiger partial charge in [-0.2, -0.15) is 0 Å². The summed E-state index contributed by atoms with van der Waals surface area (Å²) in [5.74, 6) is -0.0447. The topological polar surface area (TPSA) is 52.6 Å². The normalized spacial score (nSPS) is 20.4. The second kappa shape index (κ2) is 4.94. The van der Waals surface area contributed by atoms with E-state index in [1.807, 2.05) is 37.2 Å². The maximum absolute atomic E-state index is 11.7. The van der Waals surface area contributed by atoms with Crippen LogP contribution in [0.5, 0.6) is 0 Å². The Bertz CT molecular complexity index is 495. The first-order valence-corrected chi connectivity index (χ1v) is 6.57. The fraction of sp³-hybridized carbons (Fsp3) is 0.533. The highest BCUT2D eigenvalue weighted by atomic mass is 16.3. The number of benzene rings is 1. The first-order chi connectivity index (χ1) is 8.79. The lowest BCUT2D eigenvalue weighted by Crippen LogP contribution is -2.27. The molecule has 1 aromatic carbocycles. The Balaban J connectivity index is 2.19. The Hall–Kier alpha value is -1.39. The average molecular weight is 262 g/mol. The molecule has 1 aliphatic carbocycles. The van der Waals surface area contributed by atoms with Gasteiger partial charge in [-0.05, 0) is 49.2 Å². The van der Waals surface area contributed by atoms with Crippen molar-refractivity contribution in [3.8, 4) is 0 Å². The van der Waals surface area contributed by atoms with Crippen LogP contribution in [0.4, 0.5) is 5.69 Å². The molecule has 1 amide bonds. The van der Waals surface area contributed by atoms with Crippen LogP contribution in [0, 0.1) is 0 Å². The summed E-state index contributed by atoms with van der Waals surface area (Å²) >= 11 is 0. The van der Waals surface area contributed by atoms with Gasteiger partial charge in [-0.3, -0.25) is 4.79 Å². The van der Waals surface area contributed by atoms with Crippen molar-refractivity contribution in [1.82, 2.24) is 4.90 Å². The van der Waals surface area contributed by atoms with Crippen molar-refractivity contribution in [3.05, 3.63) is 29.3 Å². The van der Waals surface area contributed by atoms with E-state index < -0.39 is 6.10 Å². The van der Waals surface area contributed by atoms with Gasteiger partial charge in [-0.1, -0.05) is 19.9 Å². The molecule has 4 heteroatoms. The van der Waals surface area contributed by atoms with Crippen LogP contribution in [-0.2, 0) is 10.2 Å². The van der Waals surface area contributed by atoms with Crippen molar-refractivity contribution < 1.29 is 9.90 Å². The molecule has 1 unspecified atom stereocenters. The van der Waals surface area contributed by atoms with Crippen LogP contribution < -0.4 is 5.32 Å². The first-order valence-electron chi connectivity index (χ1n) is 6.57. The van der Waals surface area contributed by atoms with E-state index in [-0.39, 0.29) is 11.3 Å². The molecule has 104 valence electrons. The summed E-state index contributed by atoms with van der Waals surface area (Å²) in [6, 6.07) is 5.81. The molecular formula is C15H22N2O2. The van der Waals surface area contributed by atoms with E-state index in [0.717, 1.165) is 17.7 Å². The van der Waals surface area contributed by atoms with Crippen molar-refractivity contribution in [2.75, 3.05) is 26.0 Å². The number of rotatable bonds is 3. The molecular weight excluding hydrogens is 240 g/mol. The van der Waals surface area contributed by atoms with E-state index in [9.17, 15) is 9.90 Å². The van der Waals surface area contributed by atoms with E-state index in [4.69, 9.17) is 0 Å². The third-order valence-corrected chi connectivity index (χ3v) is 3.59. The number of anilines is 1. The number of carbonyl (C=O) groups is 1. The Labute approximate surface area is 114 Å². The average Bonchev–Trinajstić information content (AvgIpc) is 2.48. The van der Waals surface area contributed by atoms with Gasteiger partial charge in [-0.15, -0.1) is 0 Å². The lowest BCUT2D eigenvalue weighted by atomic mass is 9.86. The number of hydrogen-bond donors (Lipinski definition) is 2. The van der Waals surface area contributed by atoms with Crippen molar-refractivity contribution >= 4 is 11.6 Å². The highest BCUT2D eigenvalue weighted by Crippen LogP contribution is 2.45. The Morgan fingerprint density at radius 2 is 2.16 bits per heavy atom. The number of aliphatic hydroxyl groups is 1. The van der Waals surface area contributed by atoms with Crippen LogP contribution in [0.2, 0.25) is 0 Å². The maximum Gasteiger partial charge on any atom is 0.238 e. The molecule has 0 radical (unpaired) electrons. The zero-order valence-corrected chi connectivity index (χ0v) is 12.0. The molecule has 2 N–H and O–H groups in total. The molecule has 4 nitrogen and oxygen atoms in total. The Kier molecular flexibility index (Phi) is 3.65. The Morgan fingerprint density at radius 3 is 2.79 bits per heavy atom. The van der Waals surface area contributed by atoms with Crippen LogP contribution in [-0.4, -0.2) is 36.6 Å². The highest BCUT2D eigenvalue weighted by Gasteiger charge is 2.35. The molecule has 0 fully saturated rings. The maximum atomic E-state index is 11.7. The van der Waals surface area contributed by atoms with Crippen LogP contribution in [0.3, 0.4) is 0 Å². The number of likely N-dealkylation sites (N-methyl/N-ethyl adjacent to an activating group) is 1. The third kappa shape index (κ3) is 2.96. The molecule has 0 bridgehead atoms. The van der Waals surface area contributed by atoms with Gasteiger partial charge in [0.2, 0.25) is 5.91 Å². The number of hydrogen-bond acceptors (Lipinski definition) is 3. The van der Waals surface area contributed by atoms with E-state index in [0.29, 0.717) is 6.54 Å².